The van der Waals surface area contributed by atoms with Gasteiger partial charge in [-0.15, -0.1) is 0 Å². The zero-order chi connectivity index (χ0) is 25.6. The molecule has 0 aliphatic heterocycles. The number of fused-ring (bicyclic) bond motifs is 3. The maximum absolute atomic E-state index is 12.7. The van der Waals surface area contributed by atoms with Gasteiger partial charge < -0.3 is 30.3 Å². The first-order valence-electron chi connectivity index (χ1n) is 11.5. The summed E-state index contributed by atoms with van der Waals surface area (Å²) in [7, 11) is 0. The number of carbonyl (C=O) groups is 3. The van der Waals surface area contributed by atoms with Crippen LogP contribution in [0.25, 0.3) is 11.1 Å². The van der Waals surface area contributed by atoms with Crippen LogP contribution < -0.4 is 10.6 Å². The lowest BCUT2D eigenvalue weighted by molar-refractivity contribution is -0.139. The molecular weight excluding hydrogens is 452 g/mol. The van der Waals surface area contributed by atoms with Gasteiger partial charge in [0.1, 0.15) is 12.6 Å². The van der Waals surface area contributed by atoms with E-state index in [4.69, 9.17) is 14.6 Å². The summed E-state index contributed by atoms with van der Waals surface area (Å²) in [6.07, 6.45) is -2.55. The Morgan fingerprint density at radius 3 is 2.11 bits per heavy atom. The second-order valence-electron chi connectivity index (χ2n) is 9.44. The Morgan fingerprint density at radius 1 is 1.00 bits per heavy atom. The van der Waals surface area contributed by atoms with Crippen LogP contribution in [0.15, 0.2) is 48.5 Å². The Hall–Kier alpha value is -3.43. The van der Waals surface area contributed by atoms with Crippen LogP contribution >= 0.6 is 0 Å². The molecule has 0 fully saturated rings. The number of alkyl carbamates (subject to hydrolysis) is 1. The van der Waals surface area contributed by atoms with E-state index in [0.29, 0.717) is 0 Å². The van der Waals surface area contributed by atoms with Crippen molar-refractivity contribution in [3.63, 3.8) is 0 Å². The highest BCUT2D eigenvalue weighted by Gasteiger charge is 2.30. The van der Waals surface area contributed by atoms with Crippen molar-refractivity contribution in [2.24, 2.45) is 0 Å². The van der Waals surface area contributed by atoms with E-state index in [2.05, 4.69) is 10.6 Å². The van der Waals surface area contributed by atoms with Gasteiger partial charge in [0.2, 0.25) is 5.91 Å². The highest BCUT2D eigenvalue weighted by atomic mass is 16.5. The smallest absolute Gasteiger partial charge is 0.407 e. The number of amides is 2. The predicted molar refractivity (Wildman–Crippen MR) is 129 cm³/mol. The fourth-order valence-electron chi connectivity index (χ4n) is 3.91. The van der Waals surface area contributed by atoms with Gasteiger partial charge in [0.05, 0.1) is 24.7 Å². The van der Waals surface area contributed by atoms with E-state index < -0.39 is 42.1 Å². The first kappa shape index (κ1) is 26.2. The van der Waals surface area contributed by atoms with Crippen molar-refractivity contribution in [3.05, 3.63) is 59.7 Å². The van der Waals surface area contributed by atoms with Gasteiger partial charge in [-0.25, -0.2) is 4.79 Å². The average molecular weight is 485 g/mol. The Bertz CT molecular complexity index is 1020. The lowest BCUT2D eigenvalue weighted by Gasteiger charge is -2.25. The molecule has 9 nitrogen and oxygen atoms in total. The van der Waals surface area contributed by atoms with Gasteiger partial charge in [-0.05, 0) is 43.0 Å². The first-order chi connectivity index (χ1) is 16.5. The third-order valence-electron chi connectivity index (χ3n) is 5.56. The van der Waals surface area contributed by atoms with Crippen LogP contribution in [0.2, 0.25) is 0 Å². The van der Waals surface area contributed by atoms with E-state index in [0.717, 1.165) is 22.3 Å². The summed E-state index contributed by atoms with van der Waals surface area (Å²) in [5, 5.41) is 23.5. The molecule has 3 rings (SSSR count). The van der Waals surface area contributed by atoms with Gasteiger partial charge in [-0.2, -0.15) is 0 Å². The number of carbonyl (C=O) groups excluding carboxylic acids is 2. The average Bonchev–Trinajstić information content (AvgIpc) is 3.11. The fourth-order valence-corrected chi connectivity index (χ4v) is 3.91. The number of rotatable bonds is 10. The Morgan fingerprint density at radius 2 is 1.57 bits per heavy atom. The molecule has 188 valence electrons. The number of hydrogen-bond donors (Lipinski definition) is 4. The third-order valence-corrected chi connectivity index (χ3v) is 5.56. The Labute approximate surface area is 204 Å². The van der Waals surface area contributed by atoms with Crippen LogP contribution in [-0.4, -0.2) is 65.7 Å². The van der Waals surface area contributed by atoms with Crippen molar-refractivity contribution in [3.8, 4) is 11.1 Å². The predicted octanol–water partition coefficient (Wildman–Crippen LogP) is 2.66. The Kier molecular flexibility index (Phi) is 8.48. The van der Waals surface area contributed by atoms with E-state index in [1.165, 1.54) is 0 Å². The molecule has 1 aliphatic rings. The monoisotopic (exact) mass is 484 g/mol. The van der Waals surface area contributed by atoms with Crippen molar-refractivity contribution in [2.75, 3.05) is 19.8 Å². The Balaban J connectivity index is 1.63. The van der Waals surface area contributed by atoms with Crippen LogP contribution in [-0.2, 0) is 19.1 Å². The molecule has 2 amide bonds. The molecule has 4 N–H and O–H groups in total. The number of benzene rings is 2. The molecule has 1 aliphatic carbocycles. The number of aliphatic hydroxyl groups is 1. The summed E-state index contributed by atoms with van der Waals surface area (Å²) in [5.41, 5.74) is 3.78. The van der Waals surface area contributed by atoms with Crippen molar-refractivity contribution < 1.29 is 34.1 Å². The van der Waals surface area contributed by atoms with Gasteiger partial charge in [0.25, 0.3) is 0 Å². The van der Waals surface area contributed by atoms with E-state index in [-0.39, 0.29) is 25.7 Å². The highest BCUT2D eigenvalue weighted by molar-refractivity contribution is 5.86. The minimum absolute atomic E-state index is 0.0889. The lowest BCUT2D eigenvalue weighted by atomic mass is 9.98. The number of carboxylic acid groups (broad SMARTS) is 1. The molecule has 35 heavy (non-hydrogen) atoms. The van der Waals surface area contributed by atoms with Gasteiger partial charge >= 0.3 is 12.1 Å². The molecule has 0 spiro atoms. The second-order valence-corrected chi connectivity index (χ2v) is 9.44. The van der Waals surface area contributed by atoms with Crippen LogP contribution in [0.3, 0.4) is 0 Å². The normalized spacial score (nSPS) is 14.4. The maximum Gasteiger partial charge on any atom is 0.407 e. The molecular formula is C26H32N2O7. The fraction of sp³-hybridized carbons (Fsp3) is 0.423. The summed E-state index contributed by atoms with van der Waals surface area (Å²) in [6.45, 7) is 5.12. The number of aliphatic hydroxyl groups excluding tert-OH is 1. The van der Waals surface area contributed by atoms with E-state index in [1.807, 2.05) is 69.3 Å². The van der Waals surface area contributed by atoms with Gasteiger partial charge in [0.15, 0.2) is 0 Å². The largest absolute Gasteiger partial charge is 0.481 e. The van der Waals surface area contributed by atoms with Gasteiger partial charge in [-0.3, -0.25) is 9.59 Å². The van der Waals surface area contributed by atoms with E-state index in [9.17, 15) is 19.5 Å². The summed E-state index contributed by atoms with van der Waals surface area (Å²) in [6, 6.07) is 14.8. The number of aliphatic carboxylic acids is 1. The SMILES string of the molecule is CC(C)(C)OC[C@H](NC(=O)OCC1c2ccccc2-c2ccccc21)C(=O)NCC(O)CC(=O)O. The molecule has 1 unspecified atom stereocenters. The number of carboxylic acids is 1. The minimum atomic E-state index is -1.25. The van der Waals surface area contributed by atoms with Crippen molar-refractivity contribution in [1.29, 1.82) is 0 Å². The number of nitrogens with one attached hydrogen (secondary N) is 2. The molecule has 2 aromatic carbocycles. The highest BCUT2D eigenvalue weighted by Crippen LogP contribution is 2.44. The van der Waals surface area contributed by atoms with Gasteiger partial charge in [0, 0.05) is 12.5 Å². The topological polar surface area (TPSA) is 134 Å². The summed E-state index contributed by atoms with van der Waals surface area (Å²) in [5.74, 6) is -1.93. The molecule has 9 heteroatoms. The van der Waals surface area contributed by atoms with Crippen LogP contribution in [0.1, 0.15) is 44.2 Å². The summed E-state index contributed by atoms with van der Waals surface area (Å²) < 4.78 is 11.2. The van der Waals surface area contributed by atoms with Gasteiger partial charge in [-0.1, -0.05) is 48.5 Å². The van der Waals surface area contributed by atoms with E-state index >= 15 is 0 Å². The molecule has 0 radical (unpaired) electrons. The quantitative estimate of drug-likeness (QED) is 0.407. The standard InChI is InChI=1S/C26H32N2O7/c1-26(2,3)35-15-22(24(32)27-13-16(29)12-23(30)31)28-25(33)34-14-21-19-10-6-4-8-17(19)18-9-5-7-11-20(18)21/h4-11,16,21-22,29H,12-15H2,1-3H3,(H,27,32)(H,28,33)(H,30,31)/t16?,22-/m0/s1. The lowest BCUT2D eigenvalue weighted by Crippen LogP contribution is -2.51. The van der Waals surface area contributed by atoms with Crippen molar-refractivity contribution >= 4 is 18.0 Å². The minimum Gasteiger partial charge on any atom is -0.481 e. The molecule has 2 atom stereocenters. The zero-order valence-electron chi connectivity index (χ0n) is 20.1. The molecule has 2 aromatic rings. The van der Waals surface area contributed by atoms with Crippen LogP contribution in [0.4, 0.5) is 4.79 Å². The molecule has 0 saturated carbocycles. The maximum atomic E-state index is 12.7. The van der Waals surface area contributed by atoms with Crippen molar-refractivity contribution in [2.45, 2.75) is 50.9 Å². The first-order valence-corrected chi connectivity index (χ1v) is 11.5. The second kappa shape index (κ2) is 11.3. The molecule has 0 heterocycles. The zero-order valence-corrected chi connectivity index (χ0v) is 20.1. The number of ether oxygens (including phenoxy) is 2. The van der Waals surface area contributed by atoms with Crippen LogP contribution in [0, 0.1) is 0 Å². The van der Waals surface area contributed by atoms with Crippen molar-refractivity contribution in [1.82, 2.24) is 10.6 Å². The molecule has 0 bridgehead atoms. The third kappa shape index (κ3) is 7.27. The summed E-state index contributed by atoms with van der Waals surface area (Å²) in [4.78, 5) is 36.0. The summed E-state index contributed by atoms with van der Waals surface area (Å²) >= 11 is 0. The van der Waals surface area contributed by atoms with E-state index in [1.54, 1.807) is 0 Å². The number of hydrogen-bond acceptors (Lipinski definition) is 6. The molecule has 0 saturated heterocycles. The molecule has 0 aromatic heterocycles. The van der Waals surface area contributed by atoms with Crippen LogP contribution in [0.5, 0.6) is 0 Å².